The van der Waals surface area contributed by atoms with Crippen molar-refractivity contribution in [1.82, 2.24) is 15.0 Å². The van der Waals surface area contributed by atoms with Crippen molar-refractivity contribution in [2.24, 2.45) is 20.5 Å². The maximum atomic E-state index is 12.8. The Morgan fingerprint density at radius 2 is 1.22 bits per heavy atom. The van der Waals surface area contributed by atoms with E-state index in [1.54, 1.807) is 0 Å². The van der Waals surface area contributed by atoms with Crippen molar-refractivity contribution in [3.63, 3.8) is 0 Å². The second-order valence-corrected chi connectivity index (χ2v) is 23.8. The molecule has 0 atom stereocenters. The Bertz CT molecular complexity index is 4130. The van der Waals surface area contributed by atoms with Gasteiger partial charge in [-0.15, -0.1) is 29.1 Å². The number of benzene rings is 6. The second-order valence-electron chi connectivity index (χ2n) is 14.6. The summed E-state index contributed by atoms with van der Waals surface area (Å²) in [5, 5.41) is 57.0. The number of nitrogen functional groups attached to an aromatic ring is 1. The molecule has 0 spiro atoms. The summed E-state index contributed by atoms with van der Waals surface area (Å²) >= 11 is 6.52. The quantitative estimate of drug-likeness (QED) is 0.00778. The van der Waals surface area contributed by atoms with Gasteiger partial charge in [-0.25, -0.2) is 23.1 Å². The van der Waals surface area contributed by atoms with E-state index in [1.165, 1.54) is 30.3 Å². The molecule has 7 rings (SSSR count). The Labute approximate surface area is 445 Å². The summed E-state index contributed by atoms with van der Waals surface area (Å²) in [5.41, 5.74) is 3.41. The van der Waals surface area contributed by atoms with E-state index in [2.05, 4.69) is 69.0 Å². The third kappa shape index (κ3) is 14.2. The van der Waals surface area contributed by atoms with E-state index in [0.29, 0.717) is 0 Å². The molecular weight excluding hydrogens is 1200 g/mol. The molecule has 77 heavy (non-hydrogen) atoms. The molecule has 11 N–H and O–H groups in total. The maximum Gasteiger partial charge on any atom is 0.397 e. The summed E-state index contributed by atoms with van der Waals surface area (Å²) in [6.45, 7) is -0.860. The van der Waals surface area contributed by atoms with E-state index in [1.807, 2.05) is 0 Å². The molecule has 6 aromatic carbocycles. The van der Waals surface area contributed by atoms with Gasteiger partial charge in [0.15, 0.2) is 15.6 Å². The number of anilines is 5. The van der Waals surface area contributed by atoms with Gasteiger partial charge in [0.25, 0.3) is 30.4 Å². The lowest BCUT2D eigenvalue weighted by Crippen LogP contribution is -2.15. The average Bonchev–Trinajstić information content (AvgIpc) is 3.34. The fraction of sp³-hybridized carbons (Fsp3) is 0.0541. The summed E-state index contributed by atoms with van der Waals surface area (Å²) in [6.07, 6.45) is 0. The average molecular weight is 1230 g/mol. The van der Waals surface area contributed by atoms with E-state index >= 15 is 0 Å². The first-order valence-electron chi connectivity index (χ1n) is 19.9. The highest BCUT2D eigenvalue weighted by molar-refractivity contribution is 7.95. The van der Waals surface area contributed by atoms with Crippen LogP contribution in [0.3, 0.4) is 0 Å². The molecule has 1 heterocycles. The summed E-state index contributed by atoms with van der Waals surface area (Å²) in [4.78, 5) is 8.84. The molecule has 40 heteroatoms. The number of phenols is 1. The van der Waals surface area contributed by atoms with Crippen molar-refractivity contribution in [1.29, 1.82) is 0 Å². The molecule has 0 fully saturated rings. The van der Waals surface area contributed by atoms with Crippen molar-refractivity contribution in [2.75, 3.05) is 28.7 Å². The molecule has 0 radical (unpaired) electrons. The van der Waals surface area contributed by atoms with Gasteiger partial charge in [-0.1, -0.05) is 28.3 Å². The third-order valence-electron chi connectivity index (χ3n) is 9.79. The Hall–Kier alpha value is -6.45. The molecule has 0 aliphatic rings. The van der Waals surface area contributed by atoms with Crippen molar-refractivity contribution in [2.45, 2.75) is 29.4 Å². The Kier molecular flexibility index (Phi) is 17.6. The van der Waals surface area contributed by atoms with Gasteiger partial charge in [-0.3, -0.25) is 18.2 Å². The number of fused-ring (bicyclic) bond motifs is 2. The van der Waals surface area contributed by atoms with Gasteiger partial charge in [-0.05, 0) is 83.7 Å². The van der Waals surface area contributed by atoms with Crippen LogP contribution >= 0.6 is 35.7 Å². The number of hydrogen-bond acceptors (Lipinski definition) is 30. The monoisotopic (exact) mass is 1220 g/mol. The third-order valence-corrected chi connectivity index (χ3v) is 16.1. The van der Waals surface area contributed by atoms with E-state index in [0.717, 1.165) is 54.6 Å². The molecule has 408 valence electrons. The molecule has 0 saturated heterocycles. The fourth-order valence-corrected chi connectivity index (χ4v) is 11.4. The van der Waals surface area contributed by atoms with Crippen LogP contribution in [-0.2, 0) is 73.5 Å². The highest BCUT2D eigenvalue weighted by atomic mass is 35.5. The number of aromatic hydroxyl groups is 1. The number of nitrogens with zero attached hydrogens (tertiary/aromatic N) is 7. The molecular formula is C37H29ClN10O22S7. The predicted octanol–water partition coefficient (Wildman–Crippen LogP) is 7.63. The largest absolute Gasteiger partial charge is 0.505 e. The van der Waals surface area contributed by atoms with Crippen molar-refractivity contribution in [3.8, 4) is 5.75 Å². The Morgan fingerprint density at radius 3 is 1.84 bits per heavy atom. The normalized spacial score (nSPS) is 12.8. The molecule has 32 nitrogen and oxygen atoms in total. The van der Waals surface area contributed by atoms with Gasteiger partial charge < -0.3 is 21.5 Å². The van der Waals surface area contributed by atoms with E-state index in [-0.39, 0.29) is 83.9 Å². The predicted molar refractivity (Wildman–Crippen MR) is 267 cm³/mol. The molecule has 0 saturated carbocycles. The maximum absolute atomic E-state index is 12.8. The second kappa shape index (κ2) is 23.3. The van der Waals surface area contributed by atoms with Crippen LogP contribution in [0.25, 0.3) is 21.5 Å². The molecule has 7 aromatic rings. The minimum Gasteiger partial charge on any atom is -0.505 e. The standard InChI is InChI=1S/C37H29ClN10O22S7/c38-35-42-36(40-18-4-7-20(8-5-18)73(52,53)13-12-66-77(63,64)65)44-37(43-35)41-19-6-11-27(75(57,58)59)24(16-19)46-47-31-25(71-69-67-50)14-17-15-28(76(60,61)62)32(30(39)29(17)33(31)49)48-45-23-10-9-21-22(34(23)72-70-68-51)2-1-3-26(21)74(54,55)56/h1-11,14-16,49-51H,12-13,39H2,(H,54,55,56)(H,57,58,59)(H,60,61,62)(H,63,64,65)(H2,40,41,42,43,44)/b47-46+,48-45+. The SMILES string of the molecule is Nc1c(/N=N/c2ccc3c(S(=O)(=O)O)cccc3c2SOOO)c(S(=O)(=O)O)cc2cc(SOOO)c(/N=N/c3cc(Nc4nc(Cl)nc(Nc5ccc(S(=O)(=O)CCOS(=O)(=O)O)cc5)n4)ccc3S(=O)(=O)O)c(O)c12. The van der Waals surface area contributed by atoms with Crippen molar-refractivity contribution in [3.05, 3.63) is 90.2 Å². The van der Waals surface area contributed by atoms with E-state index in [4.69, 9.17) is 32.4 Å². The van der Waals surface area contributed by atoms with Gasteiger partial charge in [0.1, 0.15) is 37.4 Å². The fourth-order valence-electron chi connectivity index (χ4n) is 6.69. The molecule has 0 bridgehead atoms. The number of azo groups is 2. The highest BCUT2D eigenvalue weighted by Crippen LogP contribution is 2.50. The molecule has 0 aliphatic carbocycles. The zero-order chi connectivity index (χ0) is 56.3. The van der Waals surface area contributed by atoms with Crippen LogP contribution in [-0.4, -0.2) is 103 Å². The van der Waals surface area contributed by atoms with Crippen molar-refractivity contribution >= 4 is 160 Å². The number of nitrogens with one attached hydrogen (secondary N) is 2. The first-order chi connectivity index (χ1) is 36.1. The highest BCUT2D eigenvalue weighted by Gasteiger charge is 2.27. The van der Waals surface area contributed by atoms with Crippen LogP contribution < -0.4 is 16.4 Å². The smallest absolute Gasteiger partial charge is 0.397 e. The van der Waals surface area contributed by atoms with Crippen LogP contribution in [0.4, 0.5) is 51.7 Å². The first-order valence-corrected chi connectivity index (χ1v) is 29.1. The van der Waals surface area contributed by atoms with Crippen LogP contribution in [0.15, 0.2) is 135 Å². The van der Waals surface area contributed by atoms with Gasteiger partial charge in [0, 0.05) is 22.1 Å². The summed E-state index contributed by atoms with van der Waals surface area (Å²) < 4.78 is 174. The lowest BCUT2D eigenvalue weighted by molar-refractivity contribution is -0.432. The lowest BCUT2D eigenvalue weighted by atomic mass is 10.1. The summed E-state index contributed by atoms with van der Waals surface area (Å²) in [6, 6.07) is 15.6. The Morgan fingerprint density at radius 1 is 0.623 bits per heavy atom. The number of aromatic nitrogens is 3. The van der Waals surface area contributed by atoms with Gasteiger partial charge in [-0.2, -0.15) is 48.6 Å². The van der Waals surface area contributed by atoms with Crippen LogP contribution in [0.2, 0.25) is 5.28 Å². The number of hydrogen-bond donors (Lipinski definition) is 10. The zero-order valence-corrected chi connectivity index (χ0v) is 43.7. The number of nitrogens with two attached hydrogens (primary N) is 1. The minimum absolute atomic E-state index is 0.0107. The number of phenolic OH excluding ortho intramolecular Hbond substituents is 1. The van der Waals surface area contributed by atoms with Gasteiger partial charge >= 0.3 is 10.4 Å². The Balaban J connectivity index is 1.26. The van der Waals surface area contributed by atoms with Crippen LogP contribution in [0.1, 0.15) is 0 Å². The van der Waals surface area contributed by atoms with Gasteiger partial charge in [0.2, 0.25) is 17.2 Å². The molecule has 0 aliphatic heterocycles. The molecule has 0 unspecified atom stereocenters. The first kappa shape index (κ1) is 58.2. The van der Waals surface area contributed by atoms with Gasteiger partial charge in [0.05, 0.1) is 62.2 Å². The number of rotatable bonds is 22. The summed E-state index contributed by atoms with van der Waals surface area (Å²) in [7, 11) is -24.2. The molecule has 0 amide bonds. The number of sulfone groups is 1. The van der Waals surface area contributed by atoms with E-state index < -0.39 is 117 Å². The van der Waals surface area contributed by atoms with E-state index in [9.17, 15) is 60.9 Å². The van der Waals surface area contributed by atoms with Crippen LogP contribution in [0.5, 0.6) is 5.75 Å². The topological polar surface area (TPSA) is 497 Å². The molecule has 1 aromatic heterocycles. The van der Waals surface area contributed by atoms with Crippen LogP contribution in [0, 0.1) is 0 Å². The van der Waals surface area contributed by atoms with Crippen molar-refractivity contribution < 1.29 is 98.8 Å². The number of halogens is 1. The lowest BCUT2D eigenvalue weighted by Gasteiger charge is -2.14. The summed E-state index contributed by atoms with van der Waals surface area (Å²) in [5.74, 6) is -2.31. The minimum atomic E-state index is -5.30. The zero-order valence-electron chi connectivity index (χ0n) is 37.2.